The van der Waals surface area contributed by atoms with E-state index in [1.54, 1.807) is 0 Å². The molecular weight excluding hydrogens is 198 g/mol. The standard InChI is InChI=1S/C13H17N3/c1-16-12(9-14)7-8-13(16)10-15-11-5-3-2-4-6-11/h2-8,15H,9-10,14H2,1H3. The van der Waals surface area contributed by atoms with Gasteiger partial charge in [-0.05, 0) is 24.3 Å². The van der Waals surface area contributed by atoms with Crippen LogP contribution in [0.15, 0.2) is 42.5 Å². The molecule has 0 aliphatic carbocycles. The zero-order valence-electron chi connectivity index (χ0n) is 9.48. The molecule has 0 spiro atoms. The fraction of sp³-hybridized carbons (Fsp3) is 0.231. The van der Waals surface area contributed by atoms with Crippen LogP contribution in [0, 0.1) is 0 Å². The maximum absolute atomic E-state index is 5.63. The van der Waals surface area contributed by atoms with Crippen molar-refractivity contribution in [2.45, 2.75) is 13.1 Å². The number of anilines is 1. The first-order valence-corrected chi connectivity index (χ1v) is 5.43. The monoisotopic (exact) mass is 215 g/mol. The van der Waals surface area contributed by atoms with Gasteiger partial charge in [0.25, 0.3) is 0 Å². The molecule has 2 rings (SSSR count). The van der Waals surface area contributed by atoms with Crippen molar-refractivity contribution in [1.82, 2.24) is 4.57 Å². The number of para-hydroxylation sites is 1. The van der Waals surface area contributed by atoms with Crippen molar-refractivity contribution >= 4 is 5.69 Å². The van der Waals surface area contributed by atoms with Crippen LogP contribution in [0.4, 0.5) is 5.69 Å². The molecule has 0 saturated carbocycles. The molecule has 3 N–H and O–H groups in total. The Bertz CT molecular complexity index is 445. The SMILES string of the molecule is Cn1c(CN)ccc1CNc1ccccc1. The minimum absolute atomic E-state index is 0.585. The number of hydrogen-bond donors (Lipinski definition) is 2. The van der Waals surface area contributed by atoms with E-state index < -0.39 is 0 Å². The molecule has 3 heteroatoms. The summed E-state index contributed by atoms with van der Waals surface area (Å²) in [5.41, 5.74) is 9.16. The van der Waals surface area contributed by atoms with E-state index >= 15 is 0 Å². The number of hydrogen-bond acceptors (Lipinski definition) is 2. The third-order valence-electron chi connectivity index (χ3n) is 2.79. The zero-order chi connectivity index (χ0) is 11.4. The number of aromatic nitrogens is 1. The molecular formula is C13H17N3. The van der Waals surface area contributed by atoms with Crippen LogP contribution in [0.1, 0.15) is 11.4 Å². The van der Waals surface area contributed by atoms with Crippen LogP contribution in [-0.2, 0) is 20.1 Å². The molecule has 1 heterocycles. The summed E-state index contributed by atoms with van der Waals surface area (Å²) >= 11 is 0. The summed E-state index contributed by atoms with van der Waals surface area (Å²) < 4.78 is 2.13. The molecule has 0 amide bonds. The average molecular weight is 215 g/mol. The summed E-state index contributed by atoms with van der Waals surface area (Å²) in [6, 6.07) is 14.4. The van der Waals surface area contributed by atoms with Gasteiger partial charge in [0.05, 0.1) is 6.54 Å². The van der Waals surface area contributed by atoms with Gasteiger partial charge in [0.15, 0.2) is 0 Å². The molecule has 3 nitrogen and oxygen atoms in total. The van der Waals surface area contributed by atoms with E-state index in [-0.39, 0.29) is 0 Å². The third kappa shape index (κ3) is 2.25. The Balaban J connectivity index is 2.02. The predicted molar refractivity (Wildman–Crippen MR) is 67.1 cm³/mol. The molecule has 0 aliphatic heterocycles. The van der Waals surface area contributed by atoms with Gasteiger partial charge in [-0.15, -0.1) is 0 Å². The Morgan fingerprint density at radius 2 is 1.75 bits per heavy atom. The van der Waals surface area contributed by atoms with Crippen molar-refractivity contribution in [2.24, 2.45) is 12.8 Å². The van der Waals surface area contributed by atoms with Gasteiger partial charge < -0.3 is 15.6 Å². The van der Waals surface area contributed by atoms with Crippen LogP contribution in [0.25, 0.3) is 0 Å². The van der Waals surface area contributed by atoms with Gasteiger partial charge in [-0.25, -0.2) is 0 Å². The van der Waals surface area contributed by atoms with E-state index in [0.29, 0.717) is 6.54 Å². The Kier molecular flexibility index (Phi) is 3.27. The normalized spacial score (nSPS) is 10.4. The second-order valence-electron chi connectivity index (χ2n) is 3.80. The highest BCUT2D eigenvalue weighted by Gasteiger charge is 2.02. The first-order valence-electron chi connectivity index (χ1n) is 5.43. The maximum atomic E-state index is 5.63. The molecule has 2 aromatic rings. The Morgan fingerprint density at radius 3 is 2.38 bits per heavy atom. The number of nitrogens with zero attached hydrogens (tertiary/aromatic N) is 1. The lowest BCUT2D eigenvalue weighted by Crippen LogP contribution is -2.08. The Morgan fingerprint density at radius 1 is 1.06 bits per heavy atom. The molecule has 0 bridgehead atoms. The summed E-state index contributed by atoms with van der Waals surface area (Å²) in [5, 5.41) is 3.38. The number of nitrogens with two attached hydrogens (primary N) is 1. The molecule has 84 valence electrons. The second-order valence-corrected chi connectivity index (χ2v) is 3.80. The molecule has 1 aromatic heterocycles. The third-order valence-corrected chi connectivity index (χ3v) is 2.79. The van der Waals surface area contributed by atoms with E-state index in [1.807, 2.05) is 25.2 Å². The Labute approximate surface area is 95.9 Å². The topological polar surface area (TPSA) is 43.0 Å². The van der Waals surface area contributed by atoms with Crippen LogP contribution in [0.3, 0.4) is 0 Å². The van der Waals surface area contributed by atoms with Gasteiger partial charge in [-0.2, -0.15) is 0 Å². The largest absolute Gasteiger partial charge is 0.379 e. The van der Waals surface area contributed by atoms with Crippen LogP contribution in [-0.4, -0.2) is 4.57 Å². The fourth-order valence-electron chi connectivity index (χ4n) is 1.73. The Hall–Kier alpha value is -1.74. The molecule has 0 fully saturated rings. The van der Waals surface area contributed by atoms with E-state index in [0.717, 1.165) is 17.9 Å². The minimum atomic E-state index is 0.585. The van der Waals surface area contributed by atoms with E-state index in [2.05, 4.69) is 34.1 Å². The van der Waals surface area contributed by atoms with Crippen molar-refractivity contribution in [2.75, 3.05) is 5.32 Å². The fourth-order valence-corrected chi connectivity index (χ4v) is 1.73. The van der Waals surface area contributed by atoms with E-state index in [1.165, 1.54) is 5.69 Å². The molecule has 0 aliphatic rings. The van der Waals surface area contributed by atoms with Crippen molar-refractivity contribution in [1.29, 1.82) is 0 Å². The number of rotatable bonds is 4. The van der Waals surface area contributed by atoms with Gasteiger partial charge in [0.1, 0.15) is 0 Å². The summed E-state index contributed by atoms with van der Waals surface area (Å²) in [5.74, 6) is 0. The van der Waals surface area contributed by atoms with Crippen LogP contribution in [0.2, 0.25) is 0 Å². The smallest absolute Gasteiger partial charge is 0.0553 e. The molecule has 1 aromatic carbocycles. The first kappa shape index (κ1) is 10.8. The van der Waals surface area contributed by atoms with Crippen molar-refractivity contribution in [3.8, 4) is 0 Å². The van der Waals surface area contributed by atoms with Crippen molar-refractivity contribution < 1.29 is 0 Å². The molecule has 0 atom stereocenters. The van der Waals surface area contributed by atoms with Crippen molar-refractivity contribution in [3.05, 3.63) is 53.9 Å². The zero-order valence-corrected chi connectivity index (χ0v) is 9.48. The average Bonchev–Trinajstić information content (AvgIpc) is 2.69. The van der Waals surface area contributed by atoms with E-state index in [4.69, 9.17) is 5.73 Å². The lowest BCUT2D eigenvalue weighted by Gasteiger charge is -2.08. The van der Waals surface area contributed by atoms with Crippen LogP contribution >= 0.6 is 0 Å². The van der Waals surface area contributed by atoms with Gasteiger partial charge in [0.2, 0.25) is 0 Å². The number of benzene rings is 1. The van der Waals surface area contributed by atoms with Crippen LogP contribution in [0.5, 0.6) is 0 Å². The quantitative estimate of drug-likeness (QED) is 0.820. The van der Waals surface area contributed by atoms with Gasteiger partial charge in [-0.3, -0.25) is 0 Å². The highest BCUT2D eigenvalue weighted by atomic mass is 15.0. The predicted octanol–water partition coefficient (Wildman–Crippen LogP) is 2.10. The molecule has 0 radical (unpaired) electrons. The summed E-state index contributed by atoms with van der Waals surface area (Å²) in [4.78, 5) is 0. The highest BCUT2D eigenvalue weighted by molar-refractivity contribution is 5.42. The lowest BCUT2D eigenvalue weighted by atomic mass is 10.3. The first-order chi connectivity index (χ1) is 7.81. The summed E-state index contributed by atoms with van der Waals surface area (Å²) in [6.45, 7) is 1.41. The maximum Gasteiger partial charge on any atom is 0.0553 e. The highest BCUT2D eigenvalue weighted by Crippen LogP contribution is 2.10. The van der Waals surface area contributed by atoms with Crippen molar-refractivity contribution in [3.63, 3.8) is 0 Å². The van der Waals surface area contributed by atoms with Gasteiger partial charge in [-0.1, -0.05) is 18.2 Å². The summed E-state index contributed by atoms with van der Waals surface area (Å²) in [7, 11) is 2.05. The lowest BCUT2D eigenvalue weighted by molar-refractivity contribution is 0.775. The van der Waals surface area contributed by atoms with Gasteiger partial charge >= 0.3 is 0 Å². The molecule has 16 heavy (non-hydrogen) atoms. The second kappa shape index (κ2) is 4.86. The van der Waals surface area contributed by atoms with Gasteiger partial charge in [0, 0.05) is 30.7 Å². The number of nitrogens with one attached hydrogen (secondary N) is 1. The van der Waals surface area contributed by atoms with Crippen LogP contribution < -0.4 is 11.1 Å². The van der Waals surface area contributed by atoms with E-state index in [9.17, 15) is 0 Å². The molecule has 0 unspecified atom stereocenters. The summed E-state index contributed by atoms with van der Waals surface area (Å²) in [6.07, 6.45) is 0. The minimum Gasteiger partial charge on any atom is -0.379 e. The molecule has 0 saturated heterocycles.